The van der Waals surface area contributed by atoms with E-state index < -0.39 is 64.7 Å². The van der Waals surface area contributed by atoms with Crippen LogP contribution in [-0.4, -0.2) is 112 Å². The lowest BCUT2D eigenvalue weighted by Gasteiger charge is -2.12. The number of rotatable bonds is 9. The number of oxime groups is 1. The number of alkyl halides is 12. The molecule has 1 aliphatic heterocycles. The molecule has 0 radical (unpaired) electrons. The molecule has 23 nitrogen and oxygen atoms in total. The minimum atomic E-state index is -4.73. The van der Waals surface area contributed by atoms with Crippen molar-refractivity contribution in [3.63, 3.8) is 0 Å². The standard InChI is InChI=1S/C14H12BrF3N4O.C11H7BrF3N3.C10H5BrF3N3O2.C10H5BrF3N3O.C5H8O2.CO2.CH4.ClH.H3NO/c1-13(2)6-10(21-23-13)9-5-11(14(16,17)18)22(20-9)12-4-3-8(15)7-19-12;1-2-8-5-9(11(13,14)15)18(17-8)10-4-3-7(12)6-16-10;11-5-1-2-8(15-4-5)17-7(10(12,13)14)3-6(16-17)9(18)19;11-6-1-2-9(15-4-6)17-8(10(12,13)14)3-7(5-18)16-17;1-4(2)5(6)7-3;2-1-3;;;1-2/h3-5,7H,6H2,1-2H3;2-6H,1H2;1-4H,(H,18,19);1-5H;1H2,2-3H3;;1H4;1H;2H,1H2. The van der Waals surface area contributed by atoms with Gasteiger partial charge in [-0.2, -0.15) is 82.7 Å². The zero-order valence-electron chi connectivity index (χ0n) is 46.1. The van der Waals surface area contributed by atoms with Crippen LogP contribution >= 0.6 is 76.1 Å². The number of methoxy groups -OCH3 is 1. The fraction of sp³-hybridized carbons (Fsp3) is 0.212. The Kier molecular flexibility index (Phi) is 31.5. The number of esters is 1. The third-order valence-electron chi connectivity index (χ3n) is 10.1. The fourth-order valence-electron chi connectivity index (χ4n) is 6.40. The normalized spacial score (nSPS) is 11.9. The molecule has 0 aromatic carbocycles. The number of nitrogens with two attached hydrogens (primary N) is 1. The van der Waals surface area contributed by atoms with Gasteiger partial charge in [0.05, 0.1) is 12.8 Å². The van der Waals surface area contributed by atoms with Crippen LogP contribution in [0.3, 0.4) is 0 Å². The number of hydrogen-bond acceptors (Lipinski definition) is 18. The molecule has 0 atom stereocenters. The lowest BCUT2D eigenvalue weighted by atomic mass is 10.0. The number of carbonyl (C=O) groups is 3. The summed E-state index contributed by atoms with van der Waals surface area (Å²) in [4.78, 5) is 68.3. The molecule has 1 aliphatic rings. The topological polar surface area (TPSA) is 305 Å². The minimum Gasteiger partial charge on any atom is -0.476 e. The summed E-state index contributed by atoms with van der Waals surface area (Å²) in [6.45, 7) is 12.0. The molecule has 8 aromatic rings. The highest BCUT2D eigenvalue weighted by Crippen LogP contribution is 2.36. The van der Waals surface area contributed by atoms with E-state index in [2.05, 4.69) is 133 Å². The minimum absolute atomic E-state index is 0. The molecular formula is C52H45Br4ClF12N14O9. The summed E-state index contributed by atoms with van der Waals surface area (Å²) in [5, 5.41) is 33.8. The van der Waals surface area contributed by atoms with Crippen molar-refractivity contribution < 1.29 is 96.5 Å². The van der Waals surface area contributed by atoms with Gasteiger partial charge in [-0.05, 0) is 157 Å². The molecule has 9 rings (SSSR count). The van der Waals surface area contributed by atoms with Gasteiger partial charge in [0.15, 0.2) is 58.0 Å². The molecule has 40 heteroatoms. The monoisotopic (exact) mass is 1590 g/mol. The number of carboxylic acids is 1. The Morgan fingerprint density at radius 1 is 0.630 bits per heavy atom. The van der Waals surface area contributed by atoms with E-state index >= 15 is 0 Å². The van der Waals surface area contributed by atoms with E-state index in [9.17, 15) is 67.1 Å². The third-order valence-corrected chi connectivity index (χ3v) is 12.0. The summed E-state index contributed by atoms with van der Waals surface area (Å²) in [6.07, 6.45) is -10.8. The fourth-order valence-corrected chi connectivity index (χ4v) is 7.34. The maximum atomic E-state index is 13.3. The quantitative estimate of drug-likeness (QED) is 0.0397. The van der Waals surface area contributed by atoms with Gasteiger partial charge >= 0.3 is 42.8 Å². The van der Waals surface area contributed by atoms with Gasteiger partial charge in [-0.25, -0.2) is 54.1 Å². The number of aromatic carboxylic acids is 1. The second-order valence-corrected chi connectivity index (χ2v) is 20.9. The van der Waals surface area contributed by atoms with Gasteiger partial charge in [0.2, 0.25) is 0 Å². The Bertz CT molecular complexity index is 3710. The van der Waals surface area contributed by atoms with E-state index in [1.165, 1.54) is 74.4 Å². The first-order chi connectivity index (χ1) is 41.9. The smallest absolute Gasteiger partial charge is 0.433 e. The molecule has 0 saturated heterocycles. The Morgan fingerprint density at radius 3 is 1.23 bits per heavy atom. The van der Waals surface area contributed by atoms with Gasteiger partial charge in [-0.3, -0.25) is 4.79 Å². The van der Waals surface area contributed by atoms with Gasteiger partial charge in [0.25, 0.3) is 0 Å². The molecule has 0 aliphatic carbocycles. The zero-order chi connectivity index (χ0) is 68.3. The maximum Gasteiger partial charge on any atom is 0.433 e. The van der Waals surface area contributed by atoms with E-state index in [0.717, 1.165) is 21.5 Å². The van der Waals surface area contributed by atoms with Crippen LogP contribution in [0.2, 0.25) is 0 Å². The SMILES string of the molecule is C.C=C(C)C(=O)OC.C=Cc1cc(C(F)(F)F)n(-c2ccc(Br)cn2)n1.CC1(C)CC(c2cc(C(F)(F)F)n(-c3ccc(Br)cn3)n2)=NO1.Cl.NO.O=C(O)c1cc(C(F)(F)F)n(-c2ccc(Br)cn2)n1.O=C=O.O=Cc1cc(C(F)(F)F)n(-c2ccc(Br)cn2)n1. The number of pyridine rings is 4. The number of halogens is 17. The Labute approximate surface area is 550 Å². The second-order valence-electron chi connectivity index (χ2n) is 17.3. The predicted octanol–water partition coefficient (Wildman–Crippen LogP) is 13.8. The Hall–Kier alpha value is -8.33. The summed E-state index contributed by atoms with van der Waals surface area (Å²) in [7, 11) is 1.33. The molecule has 0 saturated carbocycles. The zero-order valence-corrected chi connectivity index (χ0v) is 53.3. The first-order valence-electron chi connectivity index (χ1n) is 23.6. The third kappa shape index (κ3) is 24.0. The molecule has 9 heterocycles. The van der Waals surface area contributed by atoms with Crippen molar-refractivity contribution >= 4 is 112 Å². The maximum absolute atomic E-state index is 13.3. The van der Waals surface area contributed by atoms with Gasteiger partial charge in [-0.15, -0.1) is 12.4 Å². The Balaban J connectivity index is 0.000000577. The van der Waals surface area contributed by atoms with Crippen LogP contribution in [0, 0.1) is 0 Å². The van der Waals surface area contributed by atoms with E-state index in [0.29, 0.717) is 57.1 Å². The molecule has 496 valence electrons. The van der Waals surface area contributed by atoms with Crippen LogP contribution in [0.1, 0.15) is 89.8 Å². The highest BCUT2D eigenvalue weighted by atomic mass is 79.9. The van der Waals surface area contributed by atoms with Crippen LogP contribution in [-0.2, 0) is 48.7 Å². The molecular weight excluding hydrogens is 1550 g/mol. The van der Waals surface area contributed by atoms with Crippen LogP contribution < -0.4 is 5.90 Å². The number of carbonyl (C=O) groups excluding carboxylic acids is 4. The number of ether oxygens (including phenoxy) is 1. The van der Waals surface area contributed by atoms with Crippen molar-refractivity contribution in [2.45, 2.75) is 64.9 Å². The molecule has 0 bridgehead atoms. The highest BCUT2D eigenvalue weighted by Gasteiger charge is 2.41. The molecule has 0 amide bonds. The summed E-state index contributed by atoms with van der Waals surface area (Å²) in [5.41, 5.74) is -4.48. The average Bonchev–Trinajstić information content (AvgIpc) is 1.66. The number of aldehydes is 1. The van der Waals surface area contributed by atoms with Crippen molar-refractivity contribution in [3.8, 4) is 23.3 Å². The first kappa shape index (κ1) is 81.7. The summed E-state index contributed by atoms with van der Waals surface area (Å²) in [6, 6.07) is 14.8. The molecule has 92 heavy (non-hydrogen) atoms. The van der Waals surface area contributed by atoms with Gasteiger partial charge in [-0.1, -0.05) is 25.7 Å². The van der Waals surface area contributed by atoms with Crippen LogP contribution in [0.4, 0.5) is 52.7 Å². The van der Waals surface area contributed by atoms with Crippen molar-refractivity contribution in [1.82, 2.24) is 59.1 Å². The molecule has 0 fully saturated rings. The van der Waals surface area contributed by atoms with Crippen LogP contribution in [0.15, 0.2) is 139 Å². The number of hydrogen-bond donors (Lipinski definition) is 3. The van der Waals surface area contributed by atoms with Crippen LogP contribution in [0.5, 0.6) is 0 Å². The van der Waals surface area contributed by atoms with Gasteiger partial charge < -0.3 is 19.9 Å². The van der Waals surface area contributed by atoms with E-state index in [4.69, 9.17) is 24.7 Å². The lowest BCUT2D eigenvalue weighted by molar-refractivity contribution is -0.192. The van der Waals surface area contributed by atoms with Crippen molar-refractivity contribution in [1.29, 1.82) is 0 Å². The van der Waals surface area contributed by atoms with Crippen LogP contribution in [0.25, 0.3) is 29.3 Å². The predicted molar refractivity (Wildman–Crippen MR) is 317 cm³/mol. The molecule has 0 unspecified atom stereocenters. The molecule has 8 aromatic heterocycles. The van der Waals surface area contributed by atoms with Crippen molar-refractivity contribution in [2.75, 3.05) is 7.11 Å². The highest BCUT2D eigenvalue weighted by molar-refractivity contribution is 9.11. The van der Waals surface area contributed by atoms with E-state index in [-0.39, 0.29) is 78.6 Å². The first-order valence-corrected chi connectivity index (χ1v) is 26.8. The molecule has 0 spiro atoms. The number of aromatic nitrogens is 12. The van der Waals surface area contributed by atoms with E-state index in [1.807, 2.05) is 0 Å². The summed E-state index contributed by atoms with van der Waals surface area (Å²) >= 11 is 12.6. The van der Waals surface area contributed by atoms with Gasteiger partial charge in [0.1, 0.15) is 22.7 Å². The number of nitrogens with zero attached hydrogens (tertiary/aromatic N) is 13. The largest absolute Gasteiger partial charge is 0.476 e. The Morgan fingerprint density at radius 2 is 0.957 bits per heavy atom. The summed E-state index contributed by atoms with van der Waals surface area (Å²) in [5.74, 6) is 1.65. The second kappa shape index (κ2) is 35.5. The summed E-state index contributed by atoms with van der Waals surface area (Å²) < 4.78 is 164. The van der Waals surface area contributed by atoms with Gasteiger partial charge in [0, 0.05) is 60.7 Å². The van der Waals surface area contributed by atoms with E-state index in [1.54, 1.807) is 32.9 Å². The van der Waals surface area contributed by atoms with Crippen molar-refractivity contribution in [2.24, 2.45) is 11.1 Å². The van der Waals surface area contributed by atoms with Crippen molar-refractivity contribution in [3.05, 3.63) is 180 Å². The lowest BCUT2D eigenvalue weighted by Crippen LogP contribution is -2.19. The molecule has 4 N–H and O–H groups in total. The number of carboxylic acid groups (broad SMARTS) is 1. The average molecular weight is 1590 g/mol.